The molecule has 0 saturated carbocycles. The lowest BCUT2D eigenvalue weighted by Gasteiger charge is -1.98. The minimum absolute atomic E-state index is 0.0517. The molecule has 1 aromatic rings. The average molecular weight is 217 g/mol. The predicted octanol–water partition coefficient (Wildman–Crippen LogP) is -0.569. The number of aromatic nitrogens is 2. The standard InChI is InChI=1S/C6H8N3O4P/c7-5-1-2-9(6(10)8-5)3-4-14(11,12)13/h1-4H,(H2,7,8,10)(H2,11,12,13)/b4-3+. The van der Waals surface area contributed by atoms with E-state index in [1.54, 1.807) is 0 Å². The fraction of sp³-hybridized carbons (Fsp3) is 0. The molecule has 1 heterocycles. The summed E-state index contributed by atoms with van der Waals surface area (Å²) in [7, 11) is -4.26. The summed E-state index contributed by atoms with van der Waals surface area (Å²) in [5, 5.41) is 0. The van der Waals surface area contributed by atoms with Gasteiger partial charge >= 0.3 is 13.3 Å². The highest BCUT2D eigenvalue weighted by Crippen LogP contribution is 2.35. The highest BCUT2D eigenvalue weighted by atomic mass is 31.2. The van der Waals surface area contributed by atoms with Crippen molar-refractivity contribution in [1.82, 2.24) is 9.55 Å². The van der Waals surface area contributed by atoms with Crippen molar-refractivity contribution in [2.75, 3.05) is 5.73 Å². The van der Waals surface area contributed by atoms with Crippen LogP contribution in [0.4, 0.5) is 5.82 Å². The molecule has 8 heteroatoms. The van der Waals surface area contributed by atoms with Crippen LogP contribution in [0.5, 0.6) is 0 Å². The molecule has 0 radical (unpaired) electrons. The zero-order chi connectivity index (χ0) is 10.8. The third-order valence-corrected chi connectivity index (χ3v) is 1.79. The molecule has 1 aromatic heterocycles. The summed E-state index contributed by atoms with van der Waals surface area (Å²) in [5.74, 6) is 0.655. The van der Waals surface area contributed by atoms with Crippen molar-refractivity contribution < 1.29 is 14.4 Å². The largest absolute Gasteiger partial charge is 0.383 e. The van der Waals surface area contributed by atoms with Crippen molar-refractivity contribution in [2.24, 2.45) is 0 Å². The lowest BCUT2D eigenvalue weighted by molar-refractivity contribution is 0.386. The number of rotatable bonds is 2. The Morgan fingerprint density at radius 1 is 1.57 bits per heavy atom. The van der Waals surface area contributed by atoms with E-state index in [-0.39, 0.29) is 5.82 Å². The van der Waals surface area contributed by atoms with Gasteiger partial charge in [0.1, 0.15) is 5.82 Å². The van der Waals surface area contributed by atoms with Crippen LogP contribution in [-0.4, -0.2) is 19.3 Å². The molecule has 0 bridgehead atoms. The van der Waals surface area contributed by atoms with Crippen LogP contribution in [0.3, 0.4) is 0 Å². The number of hydrogen-bond acceptors (Lipinski definition) is 4. The molecule has 0 spiro atoms. The van der Waals surface area contributed by atoms with Gasteiger partial charge in [-0.25, -0.2) is 4.79 Å². The van der Waals surface area contributed by atoms with Gasteiger partial charge in [-0.15, -0.1) is 0 Å². The molecule has 0 fully saturated rings. The van der Waals surface area contributed by atoms with E-state index in [1.807, 2.05) is 0 Å². The highest BCUT2D eigenvalue weighted by Gasteiger charge is 2.05. The van der Waals surface area contributed by atoms with Gasteiger partial charge < -0.3 is 15.5 Å². The van der Waals surface area contributed by atoms with Crippen molar-refractivity contribution >= 4 is 19.6 Å². The Morgan fingerprint density at radius 2 is 2.21 bits per heavy atom. The molecule has 0 amide bonds. The van der Waals surface area contributed by atoms with E-state index in [0.717, 1.165) is 10.8 Å². The van der Waals surface area contributed by atoms with Crippen LogP contribution in [0, 0.1) is 0 Å². The third-order valence-electron chi connectivity index (χ3n) is 1.27. The zero-order valence-electron chi connectivity index (χ0n) is 6.94. The van der Waals surface area contributed by atoms with Gasteiger partial charge in [0.05, 0.1) is 0 Å². The second-order valence-electron chi connectivity index (χ2n) is 2.43. The molecule has 7 nitrogen and oxygen atoms in total. The summed E-state index contributed by atoms with van der Waals surface area (Å²) < 4.78 is 11.3. The normalized spacial score (nSPS) is 12.1. The van der Waals surface area contributed by atoms with E-state index in [4.69, 9.17) is 15.5 Å². The number of nitrogen functional groups attached to an aromatic ring is 1. The van der Waals surface area contributed by atoms with Crippen LogP contribution in [0.2, 0.25) is 0 Å². The quantitative estimate of drug-likeness (QED) is 0.571. The molecule has 1 rings (SSSR count). The SMILES string of the molecule is Nc1ccn(/C=C/P(=O)(O)O)c(=O)n1. The van der Waals surface area contributed by atoms with Crippen molar-refractivity contribution in [3.63, 3.8) is 0 Å². The number of nitrogens with zero attached hydrogens (tertiary/aromatic N) is 2. The summed E-state index contributed by atoms with van der Waals surface area (Å²) in [6, 6.07) is 1.34. The third kappa shape index (κ3) is 3.14. The molecular weight excluding hydrogens is 209 g/mol. The molecule has 0 aliphatic heterocycles. The fourth-order valence-corrected chi connectivity index (χ4v) is 1.02. The molecule has 0 atom stereocenters. The van der Waals surface area contributed by atoms with Gasteiger partial charge in [0.25, 0.3) is 0 Å². The second kappa shape index (κ2) is 3.75. The first-order valence-electron chi connectivity index (χ1n) is 3.48. The Labute approximate surface area is 78.7 Å². The number of nitrogens with two attached hydrogens (primary N) is 1. The van der Waals surface area contributed by atoms with Crippen LogP contribution >= 0.6 is 7.60 Å². The predicted molar refractivity (Wildman–Crippen MR) is 50.3 cm³/mol. The summed E-state index contributed by atoms with van der Waals surface area (Å²) in [5.41, 5.74) is 4.51. The molecule has 0 aliphatic carbocycles. The van der Waals surface area contributed by atoms with Gasteiger partial charge in [-0.05, 0) is 6.07 Å². The summed E-state index contributed by atoms with van der Waals surface area (Å²) in [6.07, 6.45) is 2.20. The van der Waals surface area contributed by atoms with Gasteiger partial charge in [0.2, 0.25) is 0 Å². The topological polar surface area (TPSA) is 118 Å². The Bertz CT molecular complexity index is 460. The number of anilines is 1. The Kier molecular flexibility index (Phi) is 2.85. The first-order chi connectivity index (χ1) is 6.38. The maximum Gasteiger partial charge on any atom is 0.353 e. The average Bonchev–Trinajstić information content (AvgIpc) is 2.00. The van der Waals surface area contributed by atoms with Crippen molar-refractivity contribution in [1.29, 1.82) is 0 Å². The van der Waals surface area contributed by atoms with Gasteiger partial charge in [-0.3, -0.25) is 9.13 Å². The van der Waals surface area contributed by atoms with E-state index >= 15 is 0 Å². The van der Waals surface area contributed by atoms with Crippen molar-refractivity contribution in [2.45, 2.75) is 0 Å². The monoisotopic (exact) mass is 217 g/mol. The van der Waals surface area contributed by atoms with E-state index in [1.165, 1.54) is 12.3 Å². The Balaban J connectivity index is 3.05. The van der Waals surface area contributed by atoms with Crippen LogP contribution < -0.4 is 11.4 Å². The van der Waals surface area contributed by atoms with Crippen molar-refractivity contribution in [3.05, 3.63) is 28.6 Å². The molecule has 14 heavy (non-hydrogen) atoms. The van der Waals surface area contributed by atoms with Gasteiger partial charge in [0, 0.05) is 18.2 Å². The maximum atomic E-state index is 11.0. The van der Waals surface area contributed by atoms with Gasteiger partial charge in [0.15, 0.2) is 0 Å². The second-order valence-corrected chi connectivity index (χ2v) is 3.91. The van der Waals surface area contributed by atoms with Crippen LogP contribution in [0.1, 0.15) is 0 Å². The molecule has 0 saturated heterocycles. The van der Waals surface area contributed by atoms with Gasteiger partial charge in [-0.1, -0.05) is 0 Å². The van der Waals surface area contributed by atoms with Crippen LogP contribution in [0.25, 0.3) is 6.20 Å². The molecule has 76 valence electrons. The lowest BCUT2D eigenvalue weighted by Crippen LogP contribution is -2.19. The molecule has 0 unspecified atom stereocenters. The zero-order valence-corrected chi connectivity index (χ0v) is 7.83. The minimum atomic E-state index is -4.26. The van der Waals surface area contributed by atoms with Crippen LogP contribution in [-0.2, 0) is 4.57 Å². The molecule has 0 aromatic carbocycles. The fourth-order valence-electron chi connectivity index (χ4n) is 0.698. The Hall–Kier alpha value is -1.43. The number of hydrogen-bond donors (Lipinski definition) is 3. The van der Waals surface area contributed by atoms with E-state index < -0.39 is 13.3 Å². The van der Waals surface area contributed by atoms with Crippen LogP contribution in [0.15, 0.2) is 22.9 Å². The summed E-state index contributed by atoms with van der Waals surface area (Å²) in [6.45, 7) is 0. The summed E-state index contributed by atoms with van der Waals surface area (Å²) in [4.78, 5) is 31.4. The van der Waals surface area contributed by atoms with Gasteiger partial charge in [-0.2, -0.15) is 4.98 Å². The van der Waals surface area contributed by atoms with E-state index in [9.17, 15) is 9.36 Å². The Morgan fingerprint density at radius 3 is 2.71 bits per heavy atom. The first kappa shape index (κ1) is 10.6. The van der Waals surface area contributed by atoms with E-state index in [2.05, 4.69) is 4.98 Å². The lowest BCUT2D eigenvalue weighted by atomic mass is 10.6. The maximum absolute atomic E-state index is 11.0. The molecule has 0 aliphatic rings. The van der Waals surface area contributed by atoms with E-state index in [0.29, 0.717) is 5.82 Å². The summed E-state index contributed by atoms with van der Waals surface area (Å²) >= 11 is 0. The first-order valence-corrected chi connectivity index (χ1v) is 5.16. The smallest absolute Gasteiger partial charge is 0.353 e. The molecular formula is C6H8N3O4P. The van der Waals surface area contributed by atoms with Crippen molar-refractivity contribution in [3.8, 4) is 0 Å². The highest BCUT2D eigenvalue weighted by molar-refractivity contribution is 7.55. The minimum Gasteiger partial charge on any atom is -0.383 e. The molecule has 4 N–H and O–H groups in total.